The number of carbonyl (C=O) groups is 1. The van der Waals surface area contributed by atoms with E-state index in [2.05, 4.69) is 18.3 Å². The summed E-state index contributed by atoms with van der Waals surface area (Å²) in [5.41, 5.74) is 1.12. The summed E-state index contributed by atoms with van der Waals surface area (Å²) in [7, 11) is 0. The quantitative estimate of drug-likeness (QED) is 0.574. The van der Waals surface area contributed by atoms with Gasteiger partial charge >= 0.3 is 0 Å². The van der Waals surface area contributed by atoms with Crippen molar-refractivity contribution in [3.63, 3.8) is 0 Å². The highest BCUT2D eigenvalue weighted by atomic mass is 32.2. The van der Waals surface area contributed by atoms with Crippen LogP contribution in [0.5, 0.6) is 0 Å². The Kier molecular flexibility index (Phi) is 7.58. The second-order valence-corrected chi connectivity index (χ2v) is 5.25. The Labute approximate surface area is 115 Å². The molecule has 2 nitrogen and oxygen atoms in total. The fourth-order valence-corrected chi connectivity index (χ4v) is 2.48. The van der Waals surface area contributed by atoms with Gasteiger partial charge < -0.3 is 5.32 Å². The lowest BCUT2D eigenvalue weighted by Gasteiger charge is -2.08. The van der Waals surface area contributed by atoms with E-state index >= 15 is 0 Å². The standard InChI is InChI=1S/C15H23NOS/c1-3-4-5-8-11-16-15(17)12-13-9-6-7-10-14(13)18-2/h6-7,9-10H,3-5,8,11-12H2,1-2H3,(H,16,17). The maximum atomic E-state index is 11.8. The SMILES string of the molecule is CCCCCCNC(=O)Cc1ccccc1SC. The molecule has 0 aliphatic rings. The number of amides is 1. The first-order chi connectivity index (χ1) is 8.77. The first-order valence-electron chi connectivity index (χ1n) is 6.66. The summed E-state index contributed by atoms with van der Waals surface area (Å²) < 4.78 is 0. The summed E-state index contributed by atoms with van der Waals surface area (Å²) in [5.74, 6) is 0.132. The predicted molar refractivity (Wildman–Crippen MR) is 79.1 cm³/mol. The average molecular weight is 265 g/mol. The fraction of sp³-hybridized carbons (Fsp3) is 0.533. The summed E-state index contributed by atoms with van der Waals surface area (Å²) in [6, 6.07) is 8.10. The van der Waals surface area contributed by atoms with E-state index in [-0.39, 0.29) is 5.91 Å². The molecule has 1 rings (SSSR count). The molecule has 0 unspecified atom stereocenters. The third-order valence-electron chi connectivity index (χ3n) is 2.90. The number of benzene rings is 1. The fourth-order valence-electron chi connectivity index (χ4n) is 1.86. The maximum Gasteiger partial charge on any atom is 0.224 e. The third-order valence-corrected chi connectivity index (χ3v) is 3.73. The molecule has 0 saturated carbocycles. The van der Waals surface area contributed by atoms with Crippen LogP contribution in [0.1, 0.15) is 38.2 Å². The van der Waals surface area contributed by atoms with E-state index < -0.39 is 0 Å². The molecule has 0 bridgehead atoms. The van der Waals surface area contributed by atoms with Gasteiger partial charge in [0, 0.05) is 11.4 Å². The van der Waals surface area contributed by atoms with Crippen LogP contribution in [-0.4, -0.2) is 18.7 Å². The van der Waals surface area contributed by atoms with Crippen LogP contribution < -0.4 is 5.32 Å². The smallest absolute Gasteiger partial charge is 0.224 e. The van der Waals surface area contributed by atoms with Gasteiger partial charge in [0.05, 0.1) is 6.42 Å². The van der Waals surface area contributed by atoms with Crippen molar-refractivity contribution in [2.24, 2.45) is 0 Å². The van der Waals surface area contributed by atoms with Crippen LogP contribution in [0.4, 0.5) is 0 Å². The summed E-state index contributed by atoms with van der Waals surface area (Å²) in [6.07, 6.45) is 7.31. The second kappa shape index (κ2) is 9.03. The summed E-state index contributed by atoms with van der Waals surface area (Å²) in [5, 5.41) is 2.99. The zero-order valence-electron chi connectivity index (χ0n) is 11.4. The number of hydrogen-bond donors (Lipinski definition) is 1. The second-order valence-electron chi connectivity index (χ2n) is 4.40. The minimum absolute atomic E-state index is 0.132. The molecule has 0 aliphatic heterocycles. The molecule has 1 aromatic carbocycles. The maximum absolute atomic E-state index is 11.8. The van der Waals surface area contributed by atoms with E-state index in [4.69, 9.17) is 0 Å². The van der Waals surface area contributed by atoms with Crippen LogP contribution in [0.25, 0.3) is 0 Å². The number of nitrogens with one attached hydrogen (secondary N) is 1. The van der Waals surface area contributed by atoms with Gasteiger partial charge in [0.1, 0.15) is 0 Å². The molecule has 0 radical (unpaired) electrons. The lowest BCUT2D eigenvalue weighted by Crippen LogP contribution is -2.26. The molecule has 0 saturated heterocycles. The van der Waals surface area contributed by atoms with Crippen LogP contribution in [0.2, 0.25) is 0 Å². The van der Waals surface area contributed by atoms with Crippen LogP contribution in [0, 0.1) is 0 Å². The summed E-state index contributed by atoms with van der Waals surface area (Å²) >= 11 is 1.69. The highest BCUT2D eigenvalue weighted by Crippen LogP contribution is 2.20. The zero-order valence-corrected chi connectivity index (χ0v) is 12.2. The highest BCUT2D eigenvalue weighted by Gasteiger charge is 2.06. The minimum atomic E-state index is 0.132. The van der Waals surface area contributed by atoms with Gasteiger partial charge in [-0.15, -0.1) is 11.8 Å². The molecule has 0 fully saturated rings. The van der Waals surface area contributed by atoms with Gasteiger partial charge in [0.25, 0.3) is 0 Å². The van der Waals surface area contributed by atoms with Gasteiger partial charge in [-0.05, 0) is 24.3 Å². The van der Waals surface area contributed by atoms with Crippen molar-refractivity contribution in [3.8, 4) is 0 Å². The Morgan fingerprint density at radius 1 is 1.22 bits per heavy atom. The molecule has 1 amide bonds. The molecule has 1 aromatic rings. The Hall–Kier alpha value is -0.960. The highest BCUT2D eigenvalue weighted by molar-refractivity contribution is 7.98. The molecular formula is C15H23NOS. The van der Waals surface area contributed by atoms with Crippen molar-refractivity contribution in [3.05, 3.63) is 29.8 Å². The van der Waals surface area contributed by atoms with Crippen molar-refractivity contribution >= 4 is 17.7 Å². The molecule has 0 aromatic heterocycles. The first-order valence-corrected chi connectivity index (χ1v) is 7.89. The van der Waals surface area contributed by atoms with Gasteiger partial charge in [0.15, 0.2) is 0 Å². The molecule has 0 spiro atoms. The Morgan fingerprint density at radius 2 is 2.00 bits per heavy atom. The van der Waals surface area contributed by atoms with E-state index in [0.717, 1.165) is 18.5 Å². The molecule has 1 N–H and O–H groups in total. The molecule has 18 heavy (non-hydrogen) atoms. The van der Waals surface area contributed by atoms with E-state index in [1.54, 1.807) is 11.8 Å². The van der Waals surface area contributed by atoms with E-state index in [1.807, 2.05) is 24.5 Å². The van der Waals surface area contributed by atoms with Crippen LogP contribution in [0.3, 0.4) is 0 Å². The number of carbonyl (C=O) groups excluding carboxylic acids is 1. The number of rotatable bonds is 8. The number of hydrogen-bond acceptors (Lipinski definition) is 2. The topological polar surface area (TPSA) is 29.1 Å². The van der Waals surface area contributed by atoms with Crippen molar-refractivity contribution in [2.75, 3.05) is 12.8 Å². The van der Waals surface area contributed by atoms with E-state index in [1.165, 1.54) is 24.2 Å². The molecule has 0 atom stereocenters. The van der Waals surface area contributed by atoms with Gasteiger partial charge in [-0.25, -0.2) is 0 Å². The molecule has 0 heterocycles. The first kappa shape index (κ1) is 15.1. The van der Waals surface area contributed by atoms with Gasteiger partial charge in [-0.1, -0.05) is 44.4 Å². The average Bonchev–Trinajstić information content (AvgIpc) is 2.39. The van der Waals surface area contributed by atoms with Crippen molar-refractivity contribution < 1.29 is 4.79 Å². The van der Waals surface area contributed by atoms with Gasteiger partial charge in [-0.2, -0.15) is 0 Å². The summed E-state index contributed by atoms with van der Waals surface area (Å²) in [4.78, 5) is 13.0. The predicted octanol–water partition coefficient (Wildman–Crippen LogP) is 3.65. The Morgan fingerprint density at radius 3 is 2.72 bits per heavy atom. The van der Waals surface area contributed by atoms with Gasteiger partial charge in [0.2, 0.25) is 5.91 Å². The van der Waals surface area contributed by atoms with E-state index in [0.29, 0.717) is 6.42 Å². The van der Waals surface area contributed by atoms with E-state index in [9.17, 15) is 4.79 Å². The van der Waals surface area contributed by atoms with Crippen molar-refractivity contribution in [2.45, 2.75) is 43.9 Å². The normalized spacial score (nSPS) is 10.3. The molecular weight excluding hydrogens is 242 g/mol. The third kappa shape index (κ3) is 5.58. The largest absolute Gasteiger partial charge is 0.356 e. The Bertz CT molecular complexity index is 365. The summed E-state index contributed by atoms with van der Waals surface area (Å²) in [6.45, 7) is 3.00. The molecule has 100 valence electrons. The lowest BCUT2D eigenvalue weighted by molar-refractivity contribution is -0.120. The number of unbranched alkanes of at least 4 members (excludes halogenated alkanes) is 3. The van der Waals surface area contributed by atoms with Crippen LogP contribution >= 0.6 is 11.8 Å². The monoisotopic (exact) mass is 265 g/mol. The Balaban J connectivity index is 2.31. The van der Waals surface area contributed by atoms with Crippen molar-refractivity contribution in [1.82, 2.24) is 5.32 Å². The van der Waals surface area contributed by atoms with Crippen LogP contribution in [-0.2, 0) is 11.2 Å². The van der Waals surface area contributed by atoms with Crippen LogP contribution in [0.15, 0.2) is 29.2 Å². The lowest BCUT2D eigenvalue weighted by atomic mass is 10.1. The molecule has 3 heteroatoms. The molecule has 0 aliphatic carbocycles. The number of thioether (sulfide) groups is 1. The minimum Gasteiger partial charge on any atom is -0.356 e. The van der Waals surface area contributed by atoms with Gasteiger partial charge in [-0.3, -0.25) is 4.79 Å². The zero-order chi connectivity index (χ0) is 13.2. The van der Waals surface area contributed by atoms with Crippen molar-refractivity contribution in [1.29, 1.82) is 0 Å².